The van der Waals surface area contributed by atoms with Crippen molar-refractivity contribution < 1.29 is 0 Å². The van der Waals surface area contributed by atoms with Gasteiger partial charge in [0.05, 0.1) is 11.7 Å². The van der Waals surface area contributed by atoms with Crippen LogP contribution in [0.4, 0.5) is 5.95 Å². The second kappa shape index (κ2) is 5.30. The molecule has 0 saturated carbocycles. The molecule has 0 spiro atoms. The topological polar surface area (TPSA) is 72.4 Å². The van der Waals surface area contributed by atoms with Crippen LogP contribution >= 0.6 is 0 Å². The minimum Gasteiger partial charge on any atom is -0.352 e. The molecule has 0 aliphatic heterocycles. The first-order valence-electron chi connectivity index (χ1n) is 7.87. The number of nitrogens with one attached hydrogen (secondary N) is 1. The van der Waals surface area contributed by atoms with Crippen LogP contribution in [0.2, 0.25) is 0 Å². The number of rotatable bonds is 3. The van der Waals surface area contributed by atoms with E-state index in [0.717, 1.165) is 23.2 Å². The molecule has 1 N–H and O–H groups in total. The molecule has 0 aliphatic rings. The van der Waals surface area contributed by atoms with Crippen LogP contribution in [0.3, 0.4) is 0 Å². The van der Waals surface area contributed by atoms with Crippen LogP contribution in [0.15, 0.2) is 43.2 Å². The van der Waals surface area contributed by atoms with Crippen LogP contribution in [0.5, 0.6) is 0 Å². The maximum atomic E-state index is 4.53. The molecular weight excluding hydrogens is 302 g/mol. The summed E-state index contributed by atoms with van der Waals surface area (Å²) in [4.78, 5) is 13.0. The lowest BCUT2D eigenvalue weighted by molar-refractivity contribution is 0.441. The zero-order valence-electron chi connectivity index (χ0n) is 13.9. The number of imidazole rings is 1. The molecule has 4 heterocycles. The van der Waals surface area contributed by atoms with E-state index in [1.54, 1.807) is 6.20 Å². The van der Waals surface area contributed by atoms with Gasteiger partial charge >= 0.3 is 0 Å². The van der Waals surface area contributed by atoms with Crippen molar-refractivity contribution in [2.45, 2.75) is 20.8 Å². The summed E-state index contributed by atoms with van der Waals surface area (Å²) in [6.45, 7) is 7.33. The lowest BCUT2D eigenvalue weighted by Gasteiger charge is -2.18. The fourth-order valence-corrected chi connectivity index (χ4v) is 2.53. The largest absolute Gasteiger partial charge is 0.352 e. The van der Waals surface area contributed by atoms with Gasteiger partial charge in [0.15, 0.2) is 0 Å². The molecule has 0 bridgehead atoms. The Kier molecular flexibility index (Phi) is 3.23. The van der Waals surface area contributed by atoms with E-state index in [2.05, 4.69) is 46.1 Å². The molecule has 7 heteroatoms. The summed E-state index contributed by atoms with van der Waals surface area (Å²) in [5, 5.41) is 7.81. The van der Waals surface area contributed by atoms with Gasteiger partial charge in [-0.05, 0) is 11.5 Å². The fourth-order valence-electron chi connectivity index (χ4n) is 2.53. The van der Waals surface area contributed by atoms with Crippen molar-refractivity contribution in [3.05, 3.63) is 43.2 Å². The summed E-state index contributed by atoms with van der Waals surface area (Å²) in [5.41, 5.74) is 3.16. The highest BCUT2D eigenvalue weighted by Gasteiger charge is 2.12. The van der Waals surface area contributed by atoms with Crippen molar-refractivity contribution in [3.8, 4) is 11.1 Å². The van der Waals surface area contributed by atoms with Gasteiger partial charge in [0.25, 0.3) is 0 Å². The van der Waals surface area contributed by atoms with Crippen molar-refractivity contribution in [3.63, 3.8) is 0 Å². The van der Waals surface area contributed by atoms with E-state index in [1.165, 1.54) is 0 Å². The van der Waals surface area contributed by atoms with E-state index in [4.69, 9.17) is 0 Å². The average Bonchev–Trinajstić information content (AvgIpc) is 3.17. The summed E-state index contributed by atoms with van der Waals surface area (Å²) >= 11 is 0. The smallest absolute Gasteiger partial charge is 0.241 e. The molecule has 0 unspecified atom stereocenters. The Hall–Kier alpha value is -2.96. The SMILES string of the molecule is CC(C)(C)CNc1ncc2c(-c3cnc4nccn4c3)ccn2n1. The van der Waals surface area contributed by atoms with Gasteiger partial charge < -0.3 is 5.32 Å². The third kappa shape index (κ3) is 2.68. The zero-order chi connectivity index (χ0) is 16.7. The first-order chi connectivity index (χ1) is 11.5. The standard InChI is InChI=1S/C17H19N7/c1-17(2,3)11-21-15-19-9-14-13(4-6-24(14)22-15)12-8-20-16-18-5-7-23(16)10-12/h4-10H,11H2,1-3H3,(H,21,22). The molecule has 0 aromatic carbocycles. The third-order valence-electron chi connectivity index (χ3n) is 3.75. The molecule has 4 aromatic heterocycles. The maximum absolute atomic E-state index is 4.53. The summed E-state index contributed by atoms with van der Waals surface area (Å²) in [6, 6.07) is 2.03. The van der Waals surface area contributed by atoms with Gasteiger partial charge in [-0.25, -0.2) is 19.5 Å². The fraction of sp³-hybridized carbons (Fsp3) is 0.294. The first-order valence-corrected chi connectivity index (χ1v) is 7.87. The van der Waals surface area contributed by atoms with Gasteiger partial charge in [-0.15, -0.1) is 5.10 Å². The molecule has 0 amide bonds. The average molecular weight is 321 g/mol. The summed E-state index contributed by atoms with van der Waals surface area (Å²) in [6.07, 6.45) is 11.2. The van der Waals surface area contributed by atoms with Gasteiger partial charge in [-0.3, -0.25) is 4.40 Å². The van der Waals surface area contributed by atoms with E-state index in [1.807, 2.05) is 46.0 Å². The van der Waals surface area contributed by atoms with E-state index in [9.17, 15) is 0 Å². The van der Waals surface area contributed by atoms with E-state index >= 15 is 0 Å². The Labute approximate surface area is 139 Å². The van der Waals surface area contributed by atoms with Gasteiger partial charge in [-0.2, -0.15) is 0 Å². The van der Waals surface area contributed by atoms with Crippen molar-refractivity contribution >= 4 is 17.2 Å². The lowest BCUT2D eigenvalue weighted by Crippen LogP contribution is -2.20. The predicted molar refractivity (Wildman–Crippen MR) is 92.9 cm³/mol. The van der Waals surface area contributed by atoms with Crippen molar-refractivity contribution in [2.24, 2.45) is 5.41 Å². The highest BCUT2D eigenvalue weighted by molar-refractivity contribution is 5.79. The van der Waals surface area contributed by atoms with Crippen LogP contribution < -0.4 is 5.32 Å². The van der Waals surface area contributed by atoms with Gasteiger partial charge in [0.1, 0.15) is 0 Å². The second-order valence-electron chi connectivity index (χ2n) is 7.03. The molecule has 0 atom stereocenters. The van der Waals surface area contributed by atoms with Gasteiger partial charge in [0.2, 0.25) is 11.7 Å². The van der Waals surface area contributed by atoms with Crippen molar-refractivity contribution in [2.75, 3.05) is 11.9 Å². The van der Waals surface area contributed by atoms with Crippen LogP contribution in [0.1, 0.15) is 20.8 Å². The lowest BCUT2D eigenvalue weighted by atomic mass is 9.97. The number of fused-ring (bicyclic) bond motifs is 2. The van der Waals surface area contributed by atoms with Crippen molar-refractivity contribution in [1.82, 2.24) is 29.0 Å². The van der Waals surface area contributed by atoms with Gasteiger partial charge in [0, 0.05) is 48.7 Å². The van der Waals surface area contributed by atoms with E-state index in [0.29, 0.717) is 11.7 Å². The Morgan fingerprint density at radius 3 is 2.79 bits per heavy atom. The number of anilines is 1. The molecular formula is C17H19N7. The van der Waals surface area contributed by atoms with Crippen molar-refractivity contribution in [1.29, 1.82) is 0 Å². The number of aromatic nitrogens is 6. The Balaban J connectivity index is 1.69. The predicted octanol–water partition coefficient (Wildman–Crippen LogP) is 2.90. The first kappa shape index (κ1) is 14.6. The molecule has 0 aliphatic carbocycles. The molecule has 0 radical (unpaired) electrons. The molecule has 0 fully saturated rings. The molecule has 7 nitrogen and oxygen atoms in total. The van der Waals surface area contributed by atoms with Crippen LogP contribution in [-0.2, 0) is 0 Å². The Morgan fingerprint density at radius 2 is 1.96 bits per heavy atom. The third-order valence-corrected chi connectivity index (χ3v) is 3.75. The molecule has 4 aromatic rings. The minimum absolute atomic E-state index is 0.173. The number of hydrogen-bond donors (Lipinski definition) is 1. The highest BCUT2D eigenvalue weighted by atomic mass is 15.3. The zero-order valence-corrected chi connectivity index (χ0v) is 13.9. The van der Waals surface area contributed by atoms with E-state index in [-0.39, 0.29) is 5.41 Å². The highest BCUT2D eigenvalue weighted by Crippen LogP contribution is 2.25. The second-order valence-corrected chi connectivity index (χ2v) is 7.03. The molecule has 0 saturated heterocycles. The van der Waals surface area contributed by atoms with Crippen LogP contribution in [0.25, 0.3) is 22.4 Å². The normalized spacial score (nSPS) is 12.1. The summed E-state index contributed by atoms with van der Waals surface area (Å²) in [5.74, 6) is 1.31. The van der Waals surface area contributed by atoms with Crippen LogP contribution in [-0.4, -0.2) is 35.5 Å². The minimum atomic E-state index is 0.173. The monoisotopic (exact) mass is 321 g/mol. The van der Waals surface area contributed by atoms with Gasteiger partial charge in [-0.1, -0.05) is 20.8 Å². The Bertz CT molecular complexity index is 1010. The Morgan fingerprint density at radius 1 is 1.08 bits per heavy atom. The summed E-state index contributed by atoms with van der Waals surface area (Å²) < 4.78 is 3.74. The number of nitrogens with zero attached hydrogens (tertiary/aromatic N) is 6. The number of hydrogen-bond acceptors (Lipinski definition) is 5. The summed E-state index contributed by atoms with van der Waals surface area (Å²) in [7, 11) is 0. The molecule has 122 valence electrons. The van der Waals surface area contributed by atoms with E-state index < -0.39 is 0 Å². The molecule has 4 rings (SSSR count). The quantitative estimate of drug-likeness (QED) is 0.628. The molecule has 24 heavy (non-hydrogen) atoms. The maximum Gasteiger partial charge on any atom is 0.241 e. The van der Waals surface area contributed by atoms with Crippen LogP contribution in [0, 0.1) is 5.41 Å².